The third kappa shape index (κ3) is 2.74. The van der Waals surface area contributed by atoms with E-state index in [-0.39, 0.29) is 4.21 Å². The largest absolute Gasteiger partial charge is 0.476 e. The van der Waals surface area contributed by atoms with Gasteiger partial charge in [0.1, 0.15) is 0 Å². The molecule has 0 atom stereocenters. The number of nitrogens with zero attached hydrogens (tertiary/aromatic N) is 1. The molecule has 0 spiro atoms. The molecule has 0 aliphatic rings. The summed E-state index contributed by atoms with van der Waals surface area (Å²) in [5.74, 6) is -1.37. The molecule has 1 aromatic heterocycles. The van der Waals surface area contributed by atoms with E-state index < -0.39 is 21.7 Å². The molecule has 0 unspecified atom stereocenters. The molecule has 2 N–H and O–H groups in total. The molecule has 0 bridgehead atoms. The van der Waals surface area contributed by atoms with Crippen molar-refractivity contribution in [3.8, 4) is 0 Å². The van der Waals surface area contributed by atoms with Crippen LogP contribution >= 0.6 is 11.3 Å². The van der Waals surface area contributed by atoms with E-state index in [0.29, 0.717) is 5.69 Å². The van der Waals surface area contributed by atoms with Gasteiger partial charge in [-0.1, -0.05) is 18.2 Å². The summed E-state index contributed by atoms with van der Waals surface area (Å²) in [5, 5.41) is 8.89. The highest BCUT2D eigenvalue weighted by Crippen LogP contribution is 2.24. The van der Waals surface area contributed by atoms with Crippen molar-refractivity contribution in [2.45, 2.75) is 11.1 Å². The number of hydrogen-bond donors (Lipinski definition) is 2. The van der Waals surface area contributed by atoms with Crippen LogP contribution in [0.2, 0.25) is 0 Å². The maximum atomic E-state index is 12.1. The van der Waals surface area contributed by atoms with Crippen LogP contribution in [0, 0.1) is 6.92 Å². The Balaban J connectivity index is 2.41. The van der Waals surface area contributed by atoms with Gasteiger partial charge in [0.05, 0.1) is 11.2 Å². The monoisotopic (exact) mass is 298 g/mol. The lowest BCUT2D eigenvalue weighted by atomic mass is 10.2. The molecule has 0 amide bonds. The predicted octanol–water partition coefficient (Wildman–Crippen LogP) is 1.95. The minimum atomic E-state index is -3.94. The lowest BCUT2D eigenvalue weighted by Gasteiger charge is -2.09. The van der Waals surface area contributed by atoms with Crippen LogP contribution in [0.25, 0.3) is 0 Å². The van der Waals surface area contributed by atoms with Crippen LogP contribution in [-0.4, -0.2) is 24.5 Å². The number of benzene rings is 1. The number of aromatic carboxylic acids is 1. The third-order valence-corrected chi connectivity index (χ3v) is 5.11. The van der Waals surface area contributed by atoms with Crippen molar-refractivity contribution in [3.63, 3.8) is 0 Å². The lowest BCUT2D eigenvalue weighted by Crippen LogP contribution is -2.15. The average Bonchev–Trinajstić information content (AvgIpc) is 2.82. The number of hydrogen-bond acceptors (Lipinski definition) is 5. The molecule has 1 heterocycles. The Hall–Kier alpha value is -1.93. The molecule has 0 saturated heterocycles. The second-order valence-electron chi connectivity index (χ2n) is 3.71. The van der Waals surface area contributed by atoms with Crippen molar-refractivity contribution < 1.29 is 18.3 Å². The first-order valence-corrected chi connectivity index (χ1v) is 7.53. The molecule has 19 heavy (non-hydrogen) atoms. The molecule has 100 valence electrons. The number of aromatic nitrogens is 1. The summed E-state index contributed by atoms with van der Waals surface area (Å²) in [6.07, 6.45) is 0. The van der Waals surface area contributed by atoms with Crippen LogP contribution in [0.1, 0.15) is 16.1 Å². The van der Waals surface area contributed by atoms with Crippen LogP contribution in [0.4, 0.5) is 5.69 Å². The number of carbonyl (C=O) groups is 1. The molecule has 0 fully saturated rings. The van der Waals surface area contributed by atoms with Gasteiger partial charge in [-0.15, -0.1) is 11.3 Å². The predicted molar refractivity (Wildman–Crippen MR) is 71.1 cm³/mol. The van der Waals surface area contributed by atoms with Gasteiger partial charge in [-0.05, 0) is 18.6 Å². The Kier molecular flexibility index (Phi) is 3.54. The second kappa shape index (κ2) is 4.98. The van der Waals surface area contributed by atoms with Crippen LogP contribution in [0.5, 0.6) is 0 Å². The summed E-state index contributed by atoms with van der Waals surface area (Å²) in [6.45, 7) is 1.75. The Morgan fingerprint density at radius 3 is 2.68 bits per heavy atom. The van der Waals surface area contributed by atoms with Crippen molar-refractivity contribution in [3.05, 3.63) is 41.0 Å². The molecule has 8 heteroatoms. The Morgan fingerprint density at radius 1 is 1.37 bits per heavy atom. The fourth-order valence-corrected chi connectivity index (χ4v) is 3.72. The number of sulfonamides is 1. The molecule has 6 nitrogen and oxygen atoms in total. The number of rotatable bonds is 4. The number of anilines is 1. The summed E-state index contributed by atoms with van der Waals surface area (Å²) < 4.78 is 26.3. The average molecular weight is 298 g/mol. The van der Waals surface area contributed by atoms with E-state index in [1.54, 1.807) is 31.2 Å². The second-order valence-corrected chi connectivity index (χ2v) is 6.45. The van der Waals surface area contributed by atoms with Crippen molar-refractivity contribution in [2.24, 2.45) is 0 Å². The van der Waals surface area contributed by atoms with E-state index in [0.717, 1.165) is 16.9 Å². The highest BCUT2D eigenvalue weighted by atomic mass is 32.2. The van der Waals surface area contributed by atoms with Gasteiger partial charge in [0, 0.05) is 0 Å². The molecule has 0 radical (unpaired) electrons. The van der Waals surface area contributed by atoms with Gasteiger partial charge in [-0.2, -0.15) is 0 Å². The van der Waals surface area contributed by atoms with E-state index in [1.165, 1.54) is 5.51 Å². The highest BCUT2D eigenvalue weighted by Gasteiger charge is 2.26. The zero-order valence-electron chi connectivity index (χ0n) is 9.82. The van der Waals surface area contributed by atoms with Crippen molar-refractivity contribution >= 4 is 33.0 Å². The number of thiazole rings is 1. The van der Waals surface area contributed by atoms with E-state index in [1.807, 2.05) is 0 Å². The lowest BCUT2D eigenvalue weighted by molar-refractivity contribution is 0.0687. The molecule has 0 aliphatic carbocycles. The SMILES string of the molecule is Cc1ccccc1NS(=O)(=O)c1scnc1C(=O)O. The first-order valence-electron chi connectivity index (χ1n) is 5.17. The van der Waals surface area contributed by atoms with E-state index >= 15 is 0 Å². The van der Waals surface area contributed by atoms with Crippen LogP contribution in [-0.2, 0) is 10.0 Å². The maximum absolute atomic E-state index is 12.1. The van der Waals surface area contributed by atoms with E-state index in [2.05, 4.69) is 9.71 Å². The van der Waals surface area contributed by atoms with Crippen molar-refractivity contribution in [1.29, 1.82) is 0 Å². The number of carboxylic acid groups (broad SMARTS) is 1. The molecule has 1 aromatic carbocycles. The fourth-order valence-electron chi connectivity index (χ4n) is 1.45. The van der Waals surface area contributed by atoms with E-state index in [4.69, 9.17) is 5.11 Å². The van der Waals surface area contributed by atoms with Crippen LogP contribution in [0.3, 0.4) is 0 Å². The zero-order chi connectivity index (χ0) is 14.0. The summed E-state index contributed by atoms with van der Waals surface area (Å²) in [7, 11) is -3.94. The van der Waals surface area contributed by atoms with Gasteiger partial charge in [-0.3, -0.25) is 4.72 Å². The minimum Gasteiger partial charge on any atom is -0.476 e. The smallest absolute Gasteiger partial charge is 0.356 e. The first-order chi connectivity index (χ1) is 8.92. The molecular formula is C11H10N2O4S2. The van der Waals surface area contributed by atoms with Crippen molar-refractivity contribution in [2.75, 3.05) is 4.72 Å². The highest BCUT2D eigenvalue weighted by molar-refractivity contribution is 7.94. The van der Waals surface area contributed by atoms with Crippen molar-refractivity contribution in [1.82, 2.24) is 4.98 Å². The Bertz CT molecular complexity index is 722. The fraction of sp³-hybridized carbons (Fsp3) is 0.0909. The van der Waals surface area contributed by atoms with Gasteiger partial charge >= 0.3 is 5.97 Å². The topological polar surface area (TPSA) is 96.4 Å². The molecule has 2 aromatic rings. The van der Waals surface area contributed by atoms with E-state index in [9.17, 15) is 13.2 Å². The summed E-state index contributed by atoms with van der Waals surface area (Å²) in [6, 6.07) is 6.83. The number of para-hydroxylation sites is 1. The Labute approximate surface area is 113 Å². The number of aryl methyl sites for hydroxylation is 1. The molecule has 0 saturated carbocycles. The van der Waals surface area contributed by atoms with Gasteiger partial charge in [0.25, 0.3) is 10.0 Å². The van der Waals surface area contributed by atoms with Gasteiger partial charge in [0.2, 0.25) is 0 Å². The molecule has 2 rings (SSSR count). The van der Waals surface area contributed by atoms with Crippen LogP contribution < -0.4 is 4.72 Å². The summed E-state index contributed by atoms with van der Waals surface area (Å²) in [4.78, 5) is 14.4. The van der Waals surface area contributed by atoms with Gasteiger partial charge < -0.3 is 5.11 Å². The zero-order valence-corrected chi connectivity index (χ0v) is 11.5. The molecular weight excluding hydrogens is 288 g/mol. The van der Waals surface area contributed by atoms with Crippen LogP contribution in [0.15, 0.2) is 34.0 Å². The normalized spacial score (nSPS) is 11.2. The quantitative estimate of drug-likeness (QED) is 0.899. The van der Waals surface area contributed by atoms with Gasteiger partial charge in [0.15, 0.2) is 9.90 Å². The Morgan fingerprint density at radius 2 is 2.05 bits per heavy atom. The number of carboxylic acids is 1. The summed E-state index contributed by atoms with van der Waals surface area (Å²) >= 11 is 0.768. The number of nitrogens with one attached hydrogen (secondary N) is 1. The standard InChI is InChI=1S/C11H10N2O4S2/c1-7-4-2-3-5-8(7)13-19(16,17)11-9(10(14)15)12-6-18-11/h2-6,13H,1H3,(H,14,15). The third-order valence-electron chi connectivity index (χ3n) is 2.37. The minimum absolute atomic E-state index is 0.303. The maximum Gasteiger partial charge on any atom is 0.356 e. The van der Waals surface area contributed by atoms with Gasteiger partial charge in [-0.25, -0.2) is 18.2 Å². The molecule has 0 aliphatic heterocycles. The summed E-state index contributed by atoms with van der Waals surface area (Å²) in [5.41, 5.74) is 1.88. The first kappa shape index (κ1) is 13.5.